The van der Waals surface area contributed by atoms with E-state index in [0.29, 0.717) is 0 Å². The first-order valence-corrected chi connectivity index (χ1v) is 4.23. The minimum absolute atomic E-state index is 1.05. The highest BCUT2D eigenvalue weighted by Crippen LogP contribution is 2.08. The van der Waals surface area contributed by atoms with E-state index in [1.165, 1.54) is 16.2 Å². The van der Waals surface area contributed by atoms with Gasteiger partial charge in [-0.25, -0.2) is 0 Å². The van der Waals surface area contributed by atoms with Crippen LogP contribution in [0.15, 0.2) is 36.7 Å². The van der Waals surface area contributed by atoms with E-state index in [1.54, 1.807) is 0 Å². The van der Waals surface area contributed by atoms with Gasteiger partial charge in [-0.05, 0) is 10.8 Å². The zero-order valence-electron chi connectivity index (χ0n) is 7.12. The Morgan fingerprint density at radius 3 is 2.83 bits per heavy atom. The van der Waals surface area contributed by atoms with Crippen LogP contribution in [-0.2, 0) is 0 Å². The van der Waals surface area contributed by atoms with Gasteiger partial charge in [0.25, 0.3) is 0 Å². The van der Waals surface area contributed by atoms with Crippen molar-refractivity contribution in [1.82, 2.24) is 4.98 Å². The van der Waals surface area contributed by atoms with Gasteiger partial charge in [0.05, 0.1) is 0 Å². The molecule has 0 saturated heterocycles. The number of aromatic nitrogens is 1. The molecular formula is C10H10BN. The molecule has 0 amide bonds. The molecule has 0 N–H and O–H groups in total. The second-order valence-electron chi connectivity index (χ2n) is 2.87. The molecule has 1 heterocycles. The summed E-state index contributed by atoms with van der Waals surface area (Å²) < 4.78 is 0. The van der Waals surface area contributed by atoms with Crippen LogP contribution in [-0.4, -0.2) is 12.3 Å². The number of hydrogen-bond donors (Lipinski definition) is 0. The van der Waals surface area contributed by atoms with Gasteiger partial charge >= 0.3 is 0 Å². The Morgan fingerprint density at radius 2 is 2.00 bits per heavy atom. The smallest absolute Gasteiger partial charge is 0.157 e. The standard InChI is InChI=1S/C10H10BN/c1-11-10-7-12-6-8-4-2-3-5-9(8)10/h2-7,11H,1H3. The summed E-state index contributed by atoms with van der Waals surface area (Å²) in [5.74, 6) is 0. The van der Waals surface area contributed by atoms with Crippen LogP contribution in [0.2, 0.25) is 6.82 Å². The molecule has 0 aliphatic rings. The van der Waals surface area contributed by atoms with Crippen molar-refractivity contribution in [3.8, 4) is 0 Å². The minimum atomic E-state index is 1.05. The molecule has 2 rings (SSSR count). The van der Waals surface area contributed by atoms with Crippen molar-refractivity contribution in [3.05, 3.63) is 36.7 Å². The van der Waals surface area contributed by atoms with E-state index in [4.69, 9.17) is 0 Å². The van der Waals surface area contributed by atoms with Crippen molar-refractivity contribution in [2.45, 2.75) is 6.82 Å². The monoisotopic (exact) mass is 155 g/mol. The summed E-state index contributed by atoms with van der Waals surface area (Å²) in [7, 11) is 1.05. The van der Waals surface area contributed by atoms with Crippen LogP contribution in [0, 0.1) is 0 Å². The second kappa shape index (κ2) is 2.98. The molecular weight excluding hydrogens is 145 g/mol. The zero-order valence-corrected chi connectivity index (χ0v) is 7.12. The van der Waals surface area contributed by atoms with Crippen molar-refractivity contribution >= 4 is 23.5 Å². The lowest BCUT2D eigenvalue weighted by Gasteiger charge is -2.00. The topological polar surface area (TPSA) is 12.9 Å². The van der Waals surface area contributed by atoms with Gasteiger partial charge in [-0.3, -0.25) is 4.98 Å². The van der Waals surface area contributed by atoms with E-state index in [0.717, 1.165) is 7.28 Å². The fourth-order valence-corrected chi connectivity index (χ4v) is 1.46. The van der Waals surface area contributed by atoms with Crippen LogP contribution in [0.5, 0.6) is 0 Å². The summed E-state index contributed by atoms with van der Waals surface area (Å²) in [5.41, 5.74) is 1.33. The number of rotatable bonds is 1. The highest BCUT2D eigenvalue weighted by molar-refractivity contribution is 6.55. The largest absolute Gasteiger partial charge is 0.265 e. The summed E-state index contributed by atoms with van der Waals surface area (Å²) in [6, 6.07) is 8.36. The number of fused-ring (bicyclic) bond motifs is 1. The van der Waals surface area contributed by atoms with Crippen molar-refractivity contribution in [2.24, 2.45) is 0 Å². The van der Waals surface area contributed by atoms with Crippen molar-refractivity contribution in [3.63, 3.8) is 0 Å². The predicted molar refractivity (Wildman–Crippen MR) is 54.4 cm³/mol. The Kier molecular flexibility index (Phi) is 1.82. The Labute approximate surface area is 72.7 Å². The number of hydrogen-bond acceptors (Lipinski definition) is 1. The van der Waals surface area contributed by atoms with Crippen molar-refractivity contribution in [2.75, 3.05) is 0 Å². The van der Waals surface area contributed by atoms with Crippen LogP contribution < -0.4 is 5.46 Å². The number of pyridine rings is 1. The summed E-state index contributed by atoms with van der Waals surface area (Å²) in [6.45, 7) is 2.16. The molecule has 0 aliphatic carbocycles. The Hall–Kier alpha value is -1.31. The van der Waals surface area contributed by atoms with Crippen LogP contribution in [0.3, 0.4) is 0 Å². The van der Waals surface area contributed by atoms with Crippen LogP contribution in [0.4, 0.5) is 0 Å². The normalized spacial score (nSPS) is 10.1. The Balaban J connectivity index is 2.79. The summed E-state index contributed by atoms with van der Waals surface area (Å²) in [5, 5.41) is 2.56. The number of benzene rings is 1. The molecule has 1 aromatic carbocycles. The molecule has 0 spiro atoms. The predicted octanol–water partition coefficient (Wildman–Crippen LogP) is 1.34. The maximum Gasteiger partial charge on any atom is 0.157 e. The van der Waals surface area contributed by atoms with Gasteiger partial charge in [0.15, 0.2) is 7.28 Å². The fourth-order valence-electron chi connectivity index (χ4n) is 1.46. The third kappa shape index (κ3) is 1.09. The van der Waals surface area contributed by atoms with Gasteiger partial charge in [-0.1, -0.05) is 36.6 Å². The molecule has 12 heavy (non-hydrogen) atoms. The Morgan fingerprint density at radius 1 is 1.17 bits per heavy atom. The van der Waals surface area contributed by atoms with E-state index in [-0.39, 0.29) is 0 Å². The first kappa shape index (κ1) is 7.35. The molecule has 0 fully saturated rings. The Bertz CT molecular complexity index is 392. The van der Waals surface area contributed by atoms with E-state index in [1.807, 2.05) is 18.5 Å². The third-order valence-electron chi connectivity index (χ3n) is 2.13. The highest BCUT2D eigenvalue weighted by Gasteiger charge is 1.97. The molecule has 1 aromatic heterocycles. The minimum Gasteiger partial charge on any atom is -0.265 e. The summed E-state index contributed by atoms with van der Waals surface area (Å²) in [4.78, 5) is 4.18. The van der Waals surface area contributed by atoms with Crippen LogP contribution in [0.25, 0.3) is 10.8 Å². The zero-order chi connectivity index (χ0) is 8.39. The molecule has 2 aromatic rings. The van der Waals surface area contributed by atoms with E-state index in [2.05, 4.69) is 30.0 Å². The van der Waals surface area contributed by atoms with Gasteiger partial charge in [0.1, 0.15) is 0 Å². The summed E-state index contributed by atoms with van der Waals surface area (Å²) >= 11 is 0. The molecule has 2 heteroatoms. The number of nitrogens with zero attached hydrogens (tertiary/aromatic N) is 1. The molecule has 0 atom stereocenters. The van der Waals surface area contributed by atoms with Gasteiger partial charge in [0.2, 0.25) is 0 Å². The third-order valence-corrected chi connectivity index (χ3v) is 2.13. The van der Waals surface area contributed by atoms with Crippen molar-refractivity contribution in [1.29, 1.82) is 0 Å². The lowest BCUT2D eigenvalue weighted by molar-refractivity contribution is 1.38. The van der Waals surface area contributed by atoms with E-state index < -0.39 is 0 Å². The van der Waals surface area contributed by atoms with Crippen LogP contribution in [0.1, 0.15) is 0 Å². The molecule has 0 aliphatic heterocycles. The quantitative estimate of drug-likeness (QED) is 0.566. The molecule has 0 bridgehead atoms. The SMILES string of the molecule is CBc1cncc2ccccc12. The maximum absolute atomic E-state index is 4.18. The van der Waals surface area contributed by atoms with Gasteiger partial charge in [-0.15, -0.1) is 0 Å². The van der Waals surface area contributed by atoms with E-state index >= 15 is 0 Å². The molecule has 58 valence electrons. The maximum atomic E-state index is 4.18. The van der Waals surface area contributed by atoms with Gasteiger partial charge in [0, 0.05) is 12.4 Å². The highest BCUT2D eigenvalue weighted by atomic mass is 14.6. The van der Waals surface area contributed by atoms with Crippen molar-refractivity contribution < 1.29 is 0 Å². The average molecular weight is 155 g/mol. The van der Waals surface area contributed by atoms with E-state index in [9.17, 15) is 0 Å². The average Bonchev–Trinajstić information content (AvgIpc) is 2.17. The summed E-state index contributed by atoms with van der Waals surface area (Å²) in [6.07, 6.45) is 3.86. The lowest BCUT2D eigenvalue weighted by Crippen LogP contribution is -2.11. The fraction of sp³-hybridized carbons (Fsp3) is 0.100. The second-order valence-corrected chi connectivity index (χ2v) is 2.87. The van der Waals surface area contributed by atoms with Crippen LogP contribution >= 0.6 is 0 Å². The first-order valence-electron chi connectivity index (χ1n) is 4.23. The molecule has 0 radical (unpaired) electrons. The van der Waals surface area contributed by atoms with Gasteiger partial charge < -0.3 is 0 Å². The van der Waals surface area contributed by atoms with Gasteiger partial charge in [-0.2, -0.15) is 0 Å². The lowest BCUT2D eigenvalue weighted by atomic mass is 9.72. The molecule has 1 nitrogen and oxygen atoms in total. The molecule has 0 saturated carbocycles. The molecule has 0 unspecified atom stereocenters. The first-order chi connectivity index (χ1) is 5.92.